The van der Waals surface area contributed by atoms with Crippen molar-refractivity contribution in [3.63, 3.8) is 0 Å². The van der Waals surface area contributed by atoms with Crippen LogP contribution in [-0.4, -0.2) is 30.6 Å². The Hall–Kier alpha value is -3.61. The van der Waals surface area contributed by atoms with Crippen molar-refractivity contribution in [3.8, 4) is 0 Å². The van der Waals surface area contributed by atoms with Crippen molar-refractivity contribution < 1.29 is 14.7 Å². The van der Waals surface area contributed by atoms with E-state index in [2.05, 4.69) is 10.6 Å². The van der Waals surface area contributed by atoms with Gasteiger partial charge in [0, 0.05) is 29.0 Å². The number of carbonyl (C=O) groups excluding carboxylic acids is 2. The molecular formula is C24H20ClN3O3. The number of amides is 2. The minimum absolute atomic E-state index is 0.214. The van der Waals surface area contributed by atoms with Gasteiger partial charge in [0.15, 0.2) is 0 Å². The molecule has 3 aromatic rings. The second-order valence-electron chi connectivity index (χ2n) is 7.04. The number of hydrogen-bond donors (Lipinski definition) is 3. The second-order valence-corrected chi connectivity index (χ2v) is 7.48. The lowest BCUT2D eigenvalue weighted by Gasteiger charge is -2.18. The summed E-state index contributed by atoms with van der Waals surface area (Å²) in [7, 11) is 1.60. The number of likely N-dealkylation sites (N-methyl/N-ethyl adjacent to an activating group) is 1. The molecule has 2 amide bonds. The van der Waals surface area contributed by atoms with Gasteiger partial charge in [-0.3, -0.25) is 9.59 Å². The minimum Gasteiger partial charge on any atom is -0.387 e. The highest BCUT2D eigenvalue weighted by Gasteiger charge is 2.28. The third-order valence-corrected chi connectivity index (χ3v) is 5.31. The number of carbonyl (C=O) groups is 2. The van der Waals surface area contributed by atoms with E-state index in [0.717, 1.165) is 16.8 Å². The van der Waals surface area contributed by atoms with Gasteiger partial charge in [-0.2, -0.15) is 0 Å². The topological polar surface area (TPSA) is 81.7 Å². The molecule has 1 aliphatic heterocycles. The molecule has 0 radical (unpaired) electrons. The fourth-order valence-electron chi connectivity index (χ4n) is 3.44. The zero-order valence-electron chi connectivity index (χ0n) is 16.7. The summed E-state index contributed by atoms with van der Waals surface area (Å²) in [6.45, 7) is -0.556. The van der Waals surface area contributed by atoms with Crippen LogP contribution in [0.25, 0.3) is 11.3 Å². The van der Waals surface area contributed by atoms with Crippen molar-refractivity contribution in [1.82, 2.24) is 0 Å². The summed E-state index contributed by atoms with van der Waals surface area (Å²) >= 11 is 6.09. The van der Waals surface area contributed by atoms with Crippen LogP contribution in [0.15, 0.2) is 72.8 Å². The first kappa shape index (κ1) is 20.7. The van der Waals surface area contributed by atoms with Crippen LogP contribution in [0.4, 0.5) is 17.1 Å². The summed E-state index contributed by atoms with van der Waals surface area (Å²) in [6, 6.07) is 22.1. The van der Waals surface area contributed by atoms with Crippen molar-refractivity contribution in [3.05, 3.63) is 88.9 Å². The Morgan fingerprint density at radius 2 is 1.77 bits per heavy atom. The molecule has 1 aliphatic rings. The molecule has 156 valence electrons. The molecule has 7 heteroatoms. The zero-order chi connectivity index (χ0) is 22.0. The molecule has 0 aliphatic carbocycles. The summed E-state index contributed by atoms with van der Waals surface area (Å²) in [5.41, 5.74) is 4.87. The maximum Gasteiger partial charge on any atom is 0.258 e. The number of rotatable bonds is 5. The summed E-state index contributed by atoms with van der Waals surface area (Å²) in [4.78, 5) is 26.0. The highest BCUT2D eigenvalue weighted by atomic mass is 35.5. The number of nitrogens with zero attached hydrogens (tertiary/aromatic N) is 1. The number of nitrogens with one attached hydrogen (secondary N) is 2. The van der Waals surface area contributed by atoms with Crippen LogP contribution >= 0.6 is 11.6 Å². The highest BCUT2D eigenvalue weighted by molar-refractivity contribution is 6.38. The molecule has 0 aromatic heterocycles. The summed E-state index contributed by atoms with van der Waals surface area (Å²) in [5, 5.41) is 15.8. The van der Waals surface area contributed by atoms with E-state index in [1.54, 1.807) is 31.3 Å². The standard InChI is InChI=1S/C24H20ClN3O3/c1-28(21(30)14-29)18-10-8-17(9-11-18)26-23(15-5-3-2-4-6-15)22-19-12-7-16(25)13-20(19)27-24(22)31/h2-13,26,29H,14H2,1H3,(H,27,31). The van der Waals surface area contributed by atoms with Crippen LogP contribution in [0.2, 0.25) is 5.02 Å². The van der Waals surface area contributed by atoms with Crippen molar-refractivity contribution in [2.24, 2.45) is 0 Å². The van der Waals surface area contributed by atoms with Crippen LogP contribution in [0.1, 0.15) is 11.1 Å². The van der Waals surface area contributed by atoms with E-state index in [4.69, 9.17) is 16.7 Å². The van der Waals surface area contributed by atoms with Gasteiger partial charge in [-0.05, 0) is 42.0 Å². The van der Waals surface area contributed by atoms with E-state index >= 15 is 0 Å². The van der Waals surface area contributed by atoms with E-state index in [0.29, 0.717) is 27.7 Å². The van der Waals surface area contributed by atoms with Gasteiger partial charge in [0.25, 0.3) is 11.8 Å². The third-order valence-electron chi connectivity index (χ3n) is 5.07. The van der Waals surface area contributed by atoms with Crippen LogP contribution in [0.5, 0.6) is 0 Å². The van der Waals surface area contributed by atoms with Crippen molar-refractivity contribution >= 4 is 51.7 Å². The number of aliphatic hydroxyl groups is 1. The Morgan fingerprint density at radius 1 is 1.06 bits per heavy atom. The molecule has 0 bridgehead atoms. The van der Waals surface area contributed by atoms with Gasteiger partial charge >= 0.3 is 0 Å². The van der Waals surface area contributed by atoms with Gasteiger partial charge in [-0.25, -0.2) is 0 Å². The molecule has 0 fully saturated rings. The normalized spacial score (nSPS) is 14.0. The summed E-state index contributed by atoms with van der Waals surface area (Å²) < 4.78 is 0. The van der Waals surface area contributed by atoms with Gasteiger partial charge in [0.2, 0.25) is 0 Å². The largest absolute Gasteiger partial charge is 0.387 e. The number of anilines is 3. The average molecular weight is 434 g/mol. The van der Waals surface area contributed by atoms with Crippen molar-refractivity contribution in [2.75, 3.05) is 29.2 Å². The van der Waals surface area contributed by atoms with Crippen molar-refractivity contribution in [2.45, 2.75) is 0 Å². The average Bonchev–Trinajstić information content (AvgIpc) is 3.11. The van der Waals surface area contributed by atoms with Gasteiger partial charge in [0.05, 0.1) is 17.0 Å². The number of halogens is 1. The first-order valence-corrected chi connectivity index (χ1v) is 10.0. The quantitative estimate of drug-likeness (QED) is 0.526. The molecule has 0 saturated heterocycles. The molecule has 6 nitrogen and oxygen atoms in total. The van der Waals surface area contributed by atoms with Gasteiger partial charge in [-0.15, -0.1) is 0 Å². The molecule has 31 heavy (non-hydrogen) atoms. The molecule has 0 unspecified atom stereocenters. The Labute approximate surface area is 184 Å². The lowest BCUT2D eigenvalue weighted by atomic mass is 10.00. The van der Waals surface area contributed by atoms with Crippen LogP contribution in [-0.2, 0) is 9.59 Å². The number of fused-ring (bicyclic) bond motifs is 1. The van der Waals surface area contributed by atoms with Crippen LogP contribution in [0, 0.1) is 0 Å². The predicted octanol–water partition coefficient (Wildman–Crippen LogP) is 4.23. The molecule has 0 saturated carbocycles. The molecule has 0 atom stereocenters. The van der Waals surface area contributed by atoms with Gasteiger partial charge in [0.1, 0.15) is 6.61 Å². The molecule has 3 N–H and O–H groups in total. The van der Waals surface area contributed by atoms with Gasteiger partial charge < -0.3 is 20.6 Å². The third kappa shape index (κ3) is 4.17. The maximum atomic E-state index is 12.9. The number of aliphatic hydroxyl groups excluding tert-OH is 1. The Morgan fingerprint density at radius 3 is 2.45 bits per heavy atom. The number of benzene rings is 3. The minimum atomic E-state index is -0.556. The Bertz CT molecular complexity index is 1170. The lowest BCUT2D eigenvalue weighted by molar-refractivity contribution is -0.121. The fraction of sp³-hybridized carbons (Fsp3) is 0.0833. The second kappa shape index (κ2) is 8.63. The molecule has 0 spiro atoms. The molecule has 3 aromatic carbocycles. The molecular weight excluding hydrogens is 414 g/mol. The van der Waals surface area contributed by atoms with E-state index < -0.39 is 12.5 Å². The molecule has 1 heterocycles. The SMILES string of the molecule is CN(C(=O)CO)c1ccc(NC(=C2C(=O)Nc3cc(Cl)ccc32)c2ccccc2)cc1. The van der Waals surface area contributed by atoms with E-state index in [1.165, 1.54) is 4.90 Å². The van der Waals surface area contributed by atoms with E-state index in [9.17, 15) is 9.59 Å². The Balaban J connectivity index is 1.76. The maximum absolute atomic E-state index is 12.9. The summed E-state index contributed by atoms with van der Waals surface area (Å²) in [6.07, 6.45) is 0. The van der Waals surface area contributed by atoms with E-state index in [-0.39, 0.29) is 5.91 Å². The first-order valence-electron chi connectivity index (χ1n) is 9.63. The fourth-order valence-corrected chi connectivity index (χ4v) is 3.61. The first-order chi connectivity index (χ1) is 15.0. The zero-order valence-corrected chi connectivity index (χ0v) is 17.5. The summed E-state index contributed by atoms with van der Waals surface area (Å²) in [5.74, 6) is -0.612. The van der Waals surface area contributed by atoms with Gasteiger partial charge in [-0.1, -0.05) is 48.0 Å². The van der Waals surface area contributed by atoms with Crippen molar-refractivity contribution in [1.29, 1.82) is 0 Å². The van der Waals surface area contributed by atoms with Crippen LogP contribution in [0.3, 0.4) is 0 Å². The highest BCUT2D eigenvalue weighted by Crippen LogP contribution is 2.38. The molecule has 4 rings (SSSR count). The number of hydrogen-bond acceptors (Lipinski definition) is 4. The predicted molar refractivity (Wildman–Crippen MR) is 124 cm³/mol. The lowest BCUT2D eigenvalue weighted by Crippen LogP contribution is -2.28. The Kier molecular flexibility index (Phi) is 5.75. The van der Waals surface area contributed by atoms with E-state index in [1.807, 2.05) is 48.5 Å². The van der Waals surface area contributed by atoms with Crippen LogP contribution < -0.4 is 15.5 Å². The monoisotopic (exact) mass is 433 g/mol. The smallest absolute Gasteiger partial charge is 0.258 e.